The molecule has 0 aromatic heterocycles. The molecule has 0 spiro atoms. The van der Waals surface area contributed by atoms with Crippen LogP contribution in [0.4, 0.5) is 0 Å². The molecule has 0 radical (unpaired) electrons. The lowest BCUT2D eigenvalue weighted by atomic mass is 9.77. The van der Waals surface area contributed by atoms with Crippen molar-refractivity contribution in [1.82, 2.24) is 4.90 Å². The van der Waals surface area contributed by atoms with E-state index in [1.807, 2.05) is 13.8 Å². The molecule has 1 saturated heterocycles. The first-order chi connectivity index (χ1) is 7.32. The number of likely N-dealkylation sites (tertiary alicyclic amines) is 1. The molecule has 1 aliphatic rings. The summed E-state index contributed by atoms with van der Waals surface area (Å²) in [5, 5.41) is 0. The van der Waals surface area contributed by atoms with E-state index in [9.17, 15) is 4.79 Å². The summed E-state index contributed by atoms with van der Waals surface area (Å²) in [7, 11) is 0. The van der Waals surface area contributed by atoms with Crippen LogP contribution in [0.25, 0.3) is 0 Å². The van der Waals surface area contributed by atoms with Crippen molar-refractivity contribution in [2.24, 2.45) is 17.3 Å². The molecule has 1 unspecified atom stereocenters. The first-order valence-corrected chi connectivity index (χ1v) is 6.61. The second-order valence-electron chi connectivity index (χ2n) is 6.47. The van der Waals surface area contributed by atoms with Crippen LogP contribution < -0.4 is 0 Å². The van der Waals surface area contributed by atoms with Crippen LogP contribution in [0.2, 0.25) is 0 Å². The lowest BCUT2D eigenvalue weighted by Crippen LogP contribution is -2.35. The average molecular weight is 225 g/mol. The molecule has 2 heteroatoms. The summed E-state index contributed by atoms with van der Waals surface area (Å²) < 4.78 is 0. The molecule has 1 fully saturated rings. The number of hydrogen-bond acceptors (Lipinski definition) is 1. The molecular formula is C14H27NO. The normalized spacial score (nSPS) is 23.4. The minimum atomic E-state index is 0.145. The van der Waals surface area contributed by atoms with Crippen LogP contribution in [0.1, 0.15) is 53.9 Å². The summed E-state index contributed by atoms with van der Waals surface area (Å²) in [6.45, 7) is 12.9. The Balaban J connectivity index is 2.56. The SMILES string of the molecule is CC(C)C(=O)N1CCCC(C(C)(C)C)CC1. The highest BCUT2D eigenvalue weighted by Gasteiger charge is 2.28. The Bertz CT molecular complexity index is 240. The molecule has 0 aromatic carbocycles. The Morgan fingerprint density at radius 3 is 2.31 bits per heavy atom. The number of nitrogens with zero attached hydrogens (tertiary/aromatic N) is 1. The fourth-order valence-corrected chi connectivity index (χ4v) is 2.55. The molecule has 0 N–H and O–H groups in total. The molecule has 0 aromatic rings. The van der Waals surface area contributed by atoms with E-state index < -0.39 is 0 Å². The summed E-state index contributed by atoms with van der Waals surface area (Å²) in [5.41, 5.74) is 0.386. The van der Waals surface area contributed by atoms with Gasteiger partial charge in [-0.3, -0.25) is 4.79 Å². The van der Waals surface area contributed by atoms with Crippen molar-refractivity contribution in [1.29, 1.82) is 0 Å². The second kappa shape index (κ2) is 5.20. The van der Waals surface area contributed by atoms with Crippen LogP contribution in [0.5, 0.6) is 0 Å². The van der Waals surface area contributed by atoms with Gasteiger partial charge in [0.15, 0.2) is 0 Å². The van der Waals surface area contributed by atoms with Gasteiger partial charge in [0.1, 0.15) is 0 Å². The van der Waals surface area contributed by atoms with Gasteiger partial charge in [-0.1, -0.05) is 34.6 Å². The summed E-state index contributed by atoms with van der Waals surface area (Å²) in [6.07, 6.45) is 3.60. The van der Waals surface area contributed by atoms with E-state index >= 15 is 0 Å². The maximum absolute atomic E-state index is 11.9. The maximum atomic E-state index is 11.9. The molecule has 1 amide bonds. The van der Waals surface area contributed by atoms with E-state index in [0.717, 1.165) is 19.0 Å². The molecule has 0 aliphatic carbocycles. The topological polar surface area (TPSA) is 20.3 Å². The largest absolute Gasteiger partial charge is 0.342 e. The zero-order chi connectivity index (χ0) is 12.3. The highest BCUT2D eigenvalue weighted by molar-refractivity contribution is 5.78. The fraction of sp³-hybridized carbons (Fsp3) is 0.929. The average Bonchev–Trinajstić information content (AvgIpc) is 2.40. The maximum Gasteiger partial charge on any atom is 0.225 e. The number of rotatable bonds is 1. The molecule has 94 valence electrons. The molecule has 0 bridgehead atoms. The second-order valence-corrected chi connectivity index (χ2v) is 6.47. The van der Waals surface area contributed by atoms with Crippen LogP contribution in [0.15, 0.2) is 0 Å². The van der Waals surface area contributed by atoms with Crippen molar-refractivity contribution in [3.05, 3.63) is 0 Å². The van der Waals surface area contributed by atoms with Gasteiger partial charge in [0.2, 0.25) is 5.91 Å². The zero-order valence-electron chi connectivity index (χ0n) is 11.5. The van der Waals surface area contributed by atoms with Crippen LogP contribution in [0.3, 0.4) is 0 Å². The molecule has 1 rings (SSSR count). The quantitative estimate of drug-likeness (QED) is 0.670. The van der Waals surface area contributed by atoms with Gasteiger partial charge in [-0.2, -0.15) is 0 Å². The Labute approximate surface area is 100 Å². The van der Waals surface area contributed by atoms with E-state index in [-0.39, 0.29) is 5.92 Å². The zero-order valence-corrected chi connectivity index (χ0v) is 11.5. The van der Waals surface area contributed by atoms with Crippen molar-refractivity contribution < 1.29 is 4.79 Å². The third-order valence-corrected chi connectivity index (χ3v) is 3.76. The molecule has 1 atom stereocenters. The predicted molar refractivity (Wildman–Crippen MR) is 68.2 cm³/mol. The lowest BCUT2D eigenvalue weighted by molar-refractivity contribution is -0.134. The highest BCUT2D eigenvalue weighted by atomic mass is 16.2. The van der Waals surface area contributed by atoms with Gasteiger partial charge in [-0.25, -0.2) is 0 Å². The molecule has 2 nitrogen and oxygen atoms in total. The Kier molecular flexibility index (Phi) is 4.40. The minimum absolute atomic E-state index is 0.145. The predicted octanol–water partition coefficient (Wildman–Crippen LogP) is 3.32. The summed E-state index contributed by atoms with van der Waals surface area (Å²) in [6, 6.07) is 0. The molecule has 1 aliphatic heterocycles. The summed E-state index contributed by atoms with van der Waals surface area (Å²) in [4.78, 5) is 14.0. The number of carbonyl (C=O) groups is 1. The summed E-state index contributed by atoms with van der Waals surface area (Å²) in [5.74, 6) is 1.23. The smallest absolute Gasteiger partial charge is 0.225 e. The van der Waals surface area contributed by atoms with Crippen molar-refractivity contribution in [3.63, 3.8) is 0 Å². The monoisotopic (exact) mass is 225 g/mol. The van der Waals surface area contributed by atoms with Gasteiger partial charge in [-0.15, -0.1) is 0 Å². The van der Waals surface area contributed by atoms with E-state index in [1.54, 1.807) is 0 Å². The van der Waals surface area contributed by atoms with Gasteiger partial charge < -0.3 is 4.90 Å². The van der Waals surface area contributed by atoms with E-state index in [2.05, 4.69) is 25.7 Å². The van der Waals surface area contributed by atoms with Gasteiger partial charge in [0, 0.05) is 19.0 Å². The van der Waals surface area contributed by atoms with Crippen molar-refractivity contribution >= 4 is 5.91 Å². The van der Waals surface area contributed by atoms with E-state index in [1.165, 1.54) is 19.3 Å². The Hall–Kier alpha value is -0.530. The van der Waals surface area contributed by atoms with Crippen molar-refractivity contribution in [2.45, 2.75) is 53.9 Å². The van der Waals surface area contributed by atoms with Gasteiger partial charge >= 0.3 is 0 Å². The highest BCUT2D eigenvalue weighted by Crippen LogP contribution is 2.34. The Morgan fingerprint density at radius 2 is 1.81 bits per heavy atom. The number of hydrogen-bond donors (Lipinski definition) is 0. The molecule has 0 saturated carbocycles. The standard InChI is InChI=1S/C14H27NO/c1-11(2)13(16)15-9-6-7-12(8-10-15)14(3,4)5/h11-12H,6-10H2,1-5H3. The Morgan fingerprint density at radius 1 is 1.19 bits per heavy atom. The first kappa shape index (κ1) is 13.5. The van der Waals surface area contributed by atoms with Crippen LogP contribution in [0, 0.1) is 17.3 Å². The van der Waals surface area contributed by atoms with Crippen molar-refractivity contribution in [2.75, 3.05) is 13.1 Å². The van der Waals surface area contributed by atoms with E-state index in [0.29, 0.717) is 11.3 Å². The van der Waals surface area contributed by atoms with Gasteiger partial charge in [0.25, 0.3) is 0 Å². The van der Waals surface area contributed by atoms with Gasteiger partial charge in [-0.05, 0) is 30.6 Å². The lowest BCUT2D eigenvalue weighted by Gasteiger charge is -2.30. The van der Waals surface area contributed by atoms with Crippen molar-refractivity contribution in [3.8, 4) is 0 Å². The number of carbonyl (C=O) groups excluding carboxylic acids is 1. The molecular weight excluding hydrogens is 198 g/mol. The third-order valence-electron chi connectivity index (χ3n) is 3.76. The van der Waals surface area contributed by atoms with Crippen LogP contribution >= 0.6 is 0 Å². The van der Waals surface area contributed by atoms with E-state index in [4.69, 9.17) is 0 Å². The van der Waals surface area contributed by atoms with Crippen LogP contribution in [-0.2, 0) is 4.79 Å². The fourth-order valence-electron chi connectivity index (χ4n) is 2.55. The first-order valence-electron chi connectivity index (χ1n) is 6.61. The third kappa shape index (κ3) is 3.50. The molecule has 1 heterocycles. The minimum Gasteiger partial charge on any atom is -0.342 e. The van der Waals surface area contributed by atoms with Gasteiger partial charge in [0.05, 0.1) is 0 Å². The number of amides is 1. The van der Waals surface area contributed by atoms with Crippen LogP contribution in [-0.4, -0.2) is 23.9 Å². The molecule has 16 heavy (non-hydrogen) atoms. The summed E-state index contributed by atoms with van der Waals surface area (Å²) >= 11 is 0.